The molecule has 0 N–H and O–H groups in total. The molecule has 3 aromatic rings. The van der Waals surface area contributed by atoms with E-state index >= 15 is 0 Å². The van der Waals surface area contributed by atoms with Crippen LogP contribution in [-0.2, 0) is 22.6 Å². The summed E-state index contributed by atoms with van der Waals surface area (Å²) >= 11 is 0. The number of rotatable bonds is 6. The molecular weight excluding hydrogens is 341 g/mol. The highest BCUT2D eigenvalue weighted by Gasteiger charge is 2.15. The van der Waals surface area contributed by atoms with Gasteiger partial charge >= 0.3 is 5.97 Å². The van der Waals surface area contributed by atoms with Gasteiger partial charge in [0.05, 0.1) is 24.7 Å². The average Bonchev–Trinajstić information content (AvgIpc) is 3.10. The summed E-state index contributed by atoms with van der Waals surface area (Å²) in [6.07, 6.45) is 1.27. The molecule has 132 valence electrons. The molecule has 0 saturated heterocycles. The van der Waals surface area contributed by atoms with Gasteiger partial charge in [-0.1, -0.05) is 17.6 Å². The number of halogens is 2. The standard InChI is InChI=1S/C19H15BF2O4/c1-2-24-17(23)8-11-3-4-13(21)9-16(11)26-10-12-7-15(20)19-14(18(12)22)5-6-25-19/h3-7,9H,2,8,10H2,1H3. The Morgan fingerprint density at radius 1 is 1.19 bits per heavy atom. The Balaban J connectivity index is 1.84. The largest absolute Gasteiger partial charge is 0.488 e. The van der Waals surface area contributed by atoms with Crippen molar-refractivity contribution in [3.63, 3.8) is 0 Å². The van der Waals surface area contributed by atoms with E-state index < -0.39 is 17.6 Å². The number of esters is 1. The molecule has 0 aliphatic carbocycles. The molecule has 1 heterocycles. The predicted molar refractivity (Wildman–Crippen MR) is 92.6 cm³/mol. The SMILES string of the molecule is [B]c1cc(COc2cc(F)ccc2CC(=O)OCC)c(F)c2ccoc12. The minimum Gasteiger partial charge on any atom is -0.488 e. The zero-order valence-corrected chi connectivity index (χ0v) is 14.1. The molecule has 7 heteroatoms. The zero-order chi connectivity index (χ0) is 18.7. The average molecular weight is 356 g/mol. The normalized spacial score (nSPS) is 10.9. The molecule has 2 aromatic carbocycles. The van der Waals surface area contributed by atoms with Crippen LogP contribution in [0.15, 0.2) is 41.0 Å². The van der Waals surface area contributed by atoms with Crippen LogP contribution < -0.4 is 10.2 Å². The van der Waals surface area contributed by atoms with Gasteiger partial charge in [0.25, 0.3) is 0 Å². The minimum absolute atomic E-state index is 0.0746. The van der Waals surface area contributed by atoms with Crippen molar-refractivity contribution in [2.24, 2.45) is 0 Å². The van der Waals surface area contributed by atoms with Gasteiger partial charge in [-0.25, -0.2) is 8.78 Å². The molecule has 1 aromatic heterocycles. The van der Waals surface area contributed by atoms with E-state index in [-0.39, 0.29) is 47.4 Å². The van der Waals surface area contributed by atoms with Crippen LogP contribution in [0.25, 0.3) is 11.0 Å². The molecule has 0 unspecified atom stereocenters. The summed E-state index contributed by atoms with van der Waals surface area (Å²) in [6.45, 7) is 1.75. The first-order valence-corrected chi connectivity index (χ1v) is 8.00. The second-order valence-corrected chi connectivity index (χ2v) is 5.62. The van der Waals surface area contributed by atoms with Crippen molar-refractivity contribution in [1.82, 2.24) is 0 Å². The van der Waals surface area contributed by atoms with Gasteiger partial charge in [-0.3, -0.25) is 4.79 Å². The molecule has 0 bridgehead atoms. The molecule has 3 rings (SSSR count). The maximum Gasteiger partial charge on any atom is 0.310 e. The Bertz CT molecular complexity index is 952. The van der Waals surface area contributed by atoms with Crippen LogP contribution in [0.5, 0.6) is 5.75 Å². The Labute approximate surface area is 150 Å². The van der Waals surface area contributed by atoms with Crippen molar-refractivity contribution in [2.45, 2.75) is 20.0 Å². The van der Waals surface area contributed by atoms with E-state index in [9.17, 15) is 13.6 Å². The molecular formula is C19H15BF2O4. The van der Waals surface area contributed by atoms with E-state index in [0.717, 1.165) is 6.07 Å². The fourth-order valence-electron chi connectivity index (χ4n) is 2.63. The number of ether oxygens (including phenoxy) is 2. The lowest BCUT2D eigenvalue weighted by atomic mass is 9.92. The molecule has 0 amide bonds. The van der Waals surface area contributed by atoms with E-state index in [4.69, 9.17) is 21.7 Å². The van der Waals surface area contributed by atoms with Crippen molar-refractivity contribution < 1.29 is 27.5 Å². The lowest BCUT2D eigenvalue weighted by Gasteiger charge is -2.13. The summed E-state index contributed by atoms with van der Waals surface area (Å²) in [7, 11) is 5.86. The number of furan rings is 1. The van der Waals surface area contributed by atoms with Gasteiger partial charge in [-0.05, 0) is 19.1 Å². The van der Waals surface area contributed by atoms with Gasteiger partial charge in [-0.2, -0.15) is 0 Å². The van der Waals surface area contributed by atoms with Gasteiger partial charge < -0.3 is 13.9 Å². The fourth-order valence-corrected chi connectivity index (χ4v) is 2.63. The summed E-state index contributed by atoms with van der Waals surface area (Å²) in [4.78, 5) is 11.7. The topological polar surface area (TPSA) is 48.7 Å². The van der Waals surface area contributed by atoms with Crippen molar-refractivity contribution in [2.75, 3.05) is 6.61 Å². The summed E-state index contributed by atoms with van der Waals surface area (Å²) in [6, 6.07) is 6.68. The third kappa shape index (κ3) is 3.71. The summed E-state index contributed by atoms with van der Waals surface area (Å²) in [5.74, 6) is -1.37. The van der Waals surface area contributed by atoms with Crippen LogP contribution >= 0.6 is 0 Å². The number of fused-ring (bicyclic) bond motifs is 1. The Hall–Kier alpha value is -2.83. The van der Waals surface area contributed by atoms with Crippen molar-refractivity contribution in [3.8, 4) is 5.75 Å². The van der Waals surface area contributed by atoms with Gasteiger partial charge in [0, 0.05) is 17.2 Å². The van der Waals surface area contributed by atoms with Gasteiger partial charge in [0.1, 0.15) is 37.4 Å². The quantitative estimate of drug-likeness (QED) is 0.503. The van der Waals surface area contributed by atoms with E-state index in [1.807, 2.05) is 0 Å². The van der Waals surface area contributed by atoms with E-state index in [1.54, 1.807) is 6.92 Å². The van der Waals surface area contributed by atoms with Crippen molar-refractivity contribution >= 4 is 30.2 Å². The summed E-state index contributed by atoms with van der Waals surface area (Å²) in [5, 5.41) is 0.245. The molecule has 26 heavy (non-hydrogen) atoms. The van der Waals surface area contributed by atoms with Crippen LogP contribution in [0.2, 0.25) is 0 Å². The van der Waals surface area contributed by atoms with Crippen LogP contribution in [0.4, 0.5) is 8.78 Å². The molecule has 2 radical (unpaired) electrons. The maximum atomic E-state index is 14.5. The monoisotopic (exact) mass is 356 g/mol. The number of hydrogen-bond donors (Lipinski definition) is 0. The van der Waals surface area contributed by atoms with Gasteiger partial charge in [-0.15, -0.1) is 0 Å². The highest BCUT2D eigenvalue weighted by molar-refractivity contribution is 6.38. The molecule has 0 fully saturated rings. The lowest BCUT2D eigenvalue weighted by Crippen LogP contribution is -2.11. The summed E-state index contributed by atoms with van der Waals surface area (Å²) in [5.41, 5.74) is 1.18. The highest BCUT2D eigenvalue weighted by Crippen LogP contribution is 2.25. The van der Waals surface area contributed by atoms with E-state index in [2.05, 4.69) is 0 Å². The maximum absolute atomic E-state index is 14.5. The second-order valence-electron chi connectivity index (χ2n) is 5.62. The number of carbonyl (C=O) groups excluding carboxylic acids is 1. The molecule has 0 aliphatic rings. The molecule has 0 spiro atoms. The third-order valence-electron chi connectivity index (χ3n) is 3.83. The first-order chi connectivity index (χ1) is 12.5. The first kappa shape index (κ1) is 18.0. The van der Waals surface area contributed by atoms with Crippen molar-refractivity contribution in [3.05, 3.63) is 59.4 Å². The summed E-state index contributed by atoms with van der Waals surface area (Å²) < 4.78 is 43.7. The molecule has 0 saturated carbocycles. The predicted octanol–water partition coefficient (Wildman–Crippen LogP) is 3.19. The molecule has 0 aliphatic heterocycles. The van der Waals surface area contributed by atoms with Crippen LogP contribution in [-0.4, -0.2) is 20.4 Å². The minimum atomic E-state index is -0.530. The van der Waals surface area contributed by atoms with Gasteiger partial charge in [0.2, 0.25) is 0 Å². The number of carbonyl (C=O) groups is 1. The van der Waals surface area contributed by atoms with E-state index in [0.29, 0.717) is 5.56 Å². The van der Waals surface area contributed by atoms with E-state index in [1.165, 1.54) is 30.5 Å². The third-order valence-corrected chi connectivity index (χ3v) is 3.83. The van der Waals surface area contributed by atoms with Crippen molar-refractivity contribution in [1.29, 1.82) is 0 Å². The fraction of sp³-hybridized carbons (Fsp3) is 0.211. The lowest BCUT2D eigenvalue weighted by molar-refractivity contribution is -0.142. The highest BCUT2D eigenvalue weighted by atomic mass is 19.1. The second kappa shape index (κ2) is 7.60. The Morgan fingerprint density at radius 2 is 2.00 bits per heavy atom. The molecule has 4 nitrogen and oxygen atoms in total. The Morgan fingerprint density at radius 3 is 2.77 bits per heavy atom. The zero-order valence-electron chi connectivity index (χ0n) is 14.1. The number of hydrogen-bond acceptors (Lipinski definition) is 4. The first-order valence-electron chi connectivity index (χ1n) is 8.00. The van der Waals surface area contributed by atoms with Crippen LogP contribution in [0, 0.1) is 11.6 Å². The van der Waals surface area contributed by atoms with Gasteiger partial charge in [0.15, 0.2) is 0 Å². The van der Waals surface area contributed by atoms with Crippen LogP contribution in [0.3, 0.4) is 0 Å². The van der Waals surface area contributed by atoms with Crippen LogP contribution in [0.1, 0.15) is 18.1 Å². The molecule has 0 atom stereocenters. The smallest absolute Gasteiger partial charge is 0.310 e. The Kier molecular flexibility index (Phi) is 5.25. The number of benzene rings is 2.